The quantitative estimate of drug-likeness (QED) is 0.364. The number of carbonyl (C=O) groups excluding carboxylic acids is 2. The summed E-state index contributed by atoms with van der Waals surface area (Å²) in [5.41, 5.74) is 5.32. The molecule has 0 aromatic rings. The number of hydrogen-bond donors (Lipinski definition) is 3. The second kappa shape index (κ2) is 13.2. The van der Waals surface area contributed by atoms with Crippen molar-refractivity contribution in [1.82, 2.24) is 15.5 Å². The van der Waals surface area contributed by atoms with E-state index in [2.05, 4.69) is 10.6 Å². The number of rotatable bonds is 14. The van der Waals surface area contributed by atoms with Gasteiger partial charge in [-0.3, -0.25) is 4.79 Å². The molecule has 2 fully saturated rings. The van der Waals surface area contributed by atoms with Crippen LogP contribution in [0.25, 0.3) is 0 Å². The van der Waals surface area contributed by atoms with Crippen LogP contribution in [-0.2, 0) is 14.3 Å². The summed E-state index contributed by atoms with van der Waals surface area (Å²) >= 11 is 1.98. The molecule has 28 heavy (non-hydrogen) atoms. The van der Waals surface area contributed by atoms with Gasteiger partial charge in [0.2, 0.25) is 5.91 Å². The molecule has 0 bridgehead atoms. The third-order valence-corrected chi connectivity index (χ3v) is 6.58. The molecular weight excluding hydrogens is 380 g/mol. The molecule has 0 radical (unpaired) electrons. The van der Waals surface area contributed by atoms with Crippen molar-refractivity contribution in [3.8, 4) is 0 Å². The van der Waals surface area contributed by atoms with E-state index in [1.54, 1.807) is 0 Å². The van der Waals surface area contributed by atoms with Crippen molar-refractivity contribution >= 4 is 23.7 Å². The van der Waals surface area contributed by atoms with Gasteiger partial charge in [-0.2, -0.15) is 11.8 Å². The molecule has 2 saturated heterocycles. The molecule has 0 aromatic carbocycles. The number of unbranched alkanes of at least 4 members (excludes halogenated alkanes) is 1. The molecule has 3 atom stereocenters. The maximum absolute atomic E-state index is 12.1. The zero-order chi connectivity index (χ0) is 20.2. The lowest BCUT2D eigenvalue weighted by Crippen LogP contribution is -2.47. The minimum atomic E-state index is 0.0741. The minimum Gasteiger partial charge on any atom is -0.378 e. The number of nitrogens with one attached hydrogen (secondary N) is 2. The predicted molar refractivity (Wildman–Crippen MR) is 112 cm³/mol. The van der Waals surface area contributed by atoms with E-state index in [1.807, 2.05) is 23.6 Å². The SMILES string of the molecule is CCN1C(=O)NC2CCS[C@@H](CCCCC(=O)NCCOCCOCCN)C21. The third kappa shape index (κ3) is 7.42. The molecule has 2 heterocycles. The molecule has 2 unspecified atom stereocenters. The zero-order valence-electron chi connectivity index (χ0n) is 17.0. The van der Waals surface area contributed by atoms with Gasteiger partial charge in [-0.05, 0) is 31.9 Å². The van der Waals surface area contributed by atoms with Gasteiger partial charge in [0.25, 0.3) is 0 Å². The second-order valence-electron chi connectivity index (χ2n) is 7.14. The van der Waals surface area contributed by atoms with Crippen LogP contribution in [0.1, 0.15) is 39.0 Å². The van der Waals surface area contributed by atoms with E-state index in [0.29, 0.717) is 63.3 Å². The Morgan fingerprint density at radius 3 is 2.82 bits per heavy atom. The van der Waals surface area contributed by atoms with Gasteiger partial charge in [0, 0.05) is 31.3 Å². The average Bonchev–Trinajstić information content (AvgIpc) is 3.03. The van der Waals surface area contributed by atoms with Crippen LogP contribution in [0.2, 0.25) is 0 Å². The van der Waals surface area contributed by atoms with Crippen molar-refractivity contribution in [2.75, 3.05) is 51.8 Å². The molecule has 162 valence electrons. The van der Waals surface area contributed by atoms with E-state index in [4.69, 9.17) is 15.2 Å². The van der Waals surface area contributed by atoms with Gasteiger partial charge in [-0.1, -0.05) is 6.42 Å². The highest BCUT2D eigenvalue weighted by atomic mass is 32.2. The number of amides is 3. The van der Waals surface area contributed by atoms with Crippen molar-refractivity contribution < 1.29 is 19.1 Å². The van der Waals surface area contributed by atoms with Gasteiger partial charge in [0.15, 0.2) is 0 Å². The van der Waals surface area contributed by atoms with Crippen LogP contribution >= 0.6 is 11.8 Å². The maximum atomic E-state index is 12.1. The van der Waals surface area contributed by atoms with Crippen LogP contribution in [0.4, 0.5) is 4.79 Å². The molecular formula is C19H36N4O4S. The first-order chi connectivity index (χ1) is 13.7. The van der Waals surface area contributed by atoms with Crippen LogP contribution in [0, 0.1) is 0 Å². The van der Waals surface area contributed by atoms with Crippen molar-refractivity contribution in [3.63, 3.8) is 0 Å². The van der Waals surface area contributed by atoms with Gasteiger partial charge in [0.05, 0.1) is 38.5 Å². The lowest BCUT2D eigenvalue weighted by atomic mass is 9.98. The van der Waals surface area contributed by atoms with Crippen LogP contribution in [0.15, 0.2) is 0 Å². The Kier molecular flexibility index (Phi) is 11.0. The number of hydrogen-bond acceptors (Lipinski definition) is 6. The van der Waals surface area contributed by atoms with Gasteiger partial charge in [0.1, 0.15) is 0 Å². The van der Waals surface area contributed by atoms with Crippen molar-refractivity contribution in [2.45, 2.75) is 56.4 Å². The Labute approximate surface area is 172 Å². The third-order valence-electron chi connectivity index (χ3n) is 5.17. The maximum Gasteiger partial charge on any atom is 0.318 e. The van der Waals surface area contributed by atoms with Gasteiger partial charge in [-0.15, -0.1) is 0 Å². The molecule has 9 heteroatoms. The van der Waals surface area contributed by atoms with Gasteiger partial charge in [-0.25, -0.2) is 4.79 Å². The fourth-order valence-corrected chi connectivity index (χ4v) is 5.38. The van der Waals surface area contributed by atoms with Gasteiger partial charge < -0.3 is 30.7 Å². The van der Waals surface area contributed by atoms with E-state index in [1.165, 1.54) is 0 Å². The lowest BCUT2D eigenvalue weighted by Gasteiger charge is -2.36. The summed E-state index contributed by atoms with van der Waals surface area (Å²) < 4.78 is 10.6. The summed E-state index contributed by atoms with van der Waals surface area (Å²) in [4.78, 5) is 26.0. The van der Waals surface area contributed by atoms with E-state index < -0.39 is 0 Å². The Morgan fingerprint density at radius 2 is 2.07 bits per heavy atom. The number of fused-ring (bicyclic) bond motifs is 1. The first-order valence-electron chi connectivity index (χ1n) is 10.5. The first-order valence-corrected chi connectivity index (χ1v) is 11.5. The molecule has 2 rings (SSSR count). The Hall–Kier alpha value is -1.03. The summed E-state index contributed by atoms with van der Waals surface area (Å²) in [6.07, 6.45) is 4.53. The van der Waals surface area contributed by atoms with E-state index in [-0.39, 0.29) is 11.9 Å². The Morgan fingerprint density at radius 1 is 1.29 bits per heavy atom. The van der Waals surface area contributed by atoms with E-state index in [9.17, 15) is 9.59 Å². The Balaban J connectivity index is 1.52. The predicted octanol–water partition coefficient (Wildman–Crippen LogP) is 0.943. The Bertz CT molecular complexity index is 483. The molecule has 4 N–H and O–H groups in total. The van der Waals surface area contributed by atoms with Crippen LogP contribution in [0.5, 0.6) is 0 Å². The second-order valence-corrected chi connectivity index (χ2v) is 8.49. The lowest BCUT2D eigenvalue weighted by molar-refractivity contribution is -0.121. The molecule has 0 aliphatic carbocycles. The van der Waals surface area contributed by atoms with Crippen molar-refractivity contribution in [3.05, 3.63) is 0 Å². The summed E-state index contributed by atoms with van der Waals surface area (Å²) in [6, 6.07) is 0.677. The molecule has 0 saturated carbocycles. The number of likely N-dealkylation sites (N-methyl/N-ethyl adjacent to an activating group) is 1. The van der Waals surface area contributed by atoms with Crippen molar-refractivity contribution in [2.24, 2.45) is 5.73 Å². The average molecular weight is 417 g/mol. The molecule has 2 aliphatic rings. The molecule has 3 amide bonds. The highest BCUT2D eigenvalue weighted by Crippen LogP contribution is 2.35. The van der Waals surface area contributed by atoms with Crippen molar-refractivity contribution in [1.29, 1.82) is 0 Å². The molecule has 2 aliphatic heterocycles. The summed E-state index contributed by atoms with van der Waals surface area (Å²) in [7, 11) is 0. The summed E-state index contributed by atoms with van der Waals surface area (Å²) in [6.45, 7) is 5.93. The monoisotopic (exact) mass is 416 g/mol. The van der Waals surface area contributed by atoms with Crippen LogP contribution in [0.3, 0.4) is 0 Å². The van der Waals surface area contributed by atoms with Crippen LogP contribution < -0.4 is 16.4 Å². The number of nitrogens with two attached hydrogens (primary N) is 1. The summed E-state index contributed by atoms with van der Waals surface area (Å²) in [5, 5.41) is 6.48. The van der Waals surface area contributed by atoms with Gasteiger partial charge >= 0.3 is 6.03 Å². The highest BCUT2D eigenvalue weighted by Gasteiger charge is 2.44. The number of urea groups is 1. The van der Waals surface area contributed by atoms with E-state index >= 15 is 0 Å². The smallest absolute Gasteiger partial charge is 0.318 e. The number of thioether (sulfide) groups is 1. The molecule has 0 spiro atoms. The molecule has 8 nitrogen and oxygen atoms in total. The minimum absolute atomic E-state index is 0.0741. The highest BCUT2D eigenvalue weighted by molar-refractivity contribution is 8.00. The first kappa shape index (κ1) is 23.3. The largest absolute Gasteiger partial charge is 0.378 e. The van der Waals surface area contributed by atoms with Crippen LogP contribution in [-0.4, -0.2) is 86.0 Å². The zero-order valence-corrected chi connectivity index (χ0v) is 17.8. The molecule has 0 aromatic heterocycles. The summed E-state index contributed by atoms with van der Waals surface area (Å²) in [5.74, 6) is 1.17. The van der Waals surface area contributed by atoms with E-state index in [0.717, 1.165) is 38.0 Å². The number of nitrogens with zero attached hydrogens (tertiary/aromatic N) is 1. The number of carbonyl (C=O) groups is 2. The normalized spacial score (nSPS) is 24.1. The number of ether oxygens (including phenoxy) is 2. The fraction of sp³-hybridized carbons (Fsp3) is 0.895. The topological polar surface area (TPSA) is 106 Å². The standard InChI is InChI=1S/C19H36N4O4S/c1-2-23-18-15(22-19(23)25)7-14-28-16(18)5-3-4-6-17(24)21-9-11-27-13-12-26-10-8-20/h15-16,18H,2-14,20H2,1H3,(H,21,24)(H,22,25)/t15?,16-,18?/m0/s1. The fourth-order valence-electron chi connectivity index (χ4n) is 3.82.